The Kier molecular flexibility index (Phi) is 8.38. The van der Waals surface area contributed by atoms with E-state index in [2.05, 4.69) is 20.8 Å². The van der Waals surface area contributed by atoms with Crippen LogP contribution in [0.1, 0.15) is 28.1 Å². The van der Waals surface area contributed by atoms with Crippen molar-refractivity contribution in [1.29, 1.82) is 0 Å². The fourth-order valence-electron chi connectivity index (χ4n) is 2.43. The first kappa shape index (κ1) is 22.3. The highest BCUT2D eigenvalue weighted by atomic mass is 127. The summed E-state index contributed by atoms with van der Waals surface area (Å²) in [5.74, 6) is 1.30. The van der Waals surface area contributed by atoms with Gasteiger partial charge in [-0.15, -0.1) is 24.0 Å². The first-order chi connectivity index (χ1) is 11.8. The Morgan fingerprint density at radius 2 is 1.96 bits per heavy atom. The van der Waals surface area contributed by atoms with Gasteiger partial charge in [0.25, 0.3) is 0 Å². The zero-order chi connectivity index (χ0) is 18.4. The van der Waals surface area contributed by atoms with Crippen LogP contribution < -0.4 is 10.6 Å². The van der Waals surface area contributed by atoms with Crippen molar-refractivity contribution >= 4 is 29.9 Å². The van der Waals surface area contributed by atoms with Crippen LogP contribution in [-0.4, -0.2) is 24.7 Å². The summed E-state index contributed by atoms with van der Waals surface area (Å²) >= 11 is 0. The zero-order valence-electron chi connectivity index (χ0n) is 14.8. The van der Waals surface area contributed by atoms with Crippen LogP contribution in [0.5, 0.6) is 0 Å². The highest BCUT2D eigenvalue weighted by molar-refractivity contribution is 14.0. The summed E-state index contributed by atoms with van der Waals surface area (Å²) in [4.78, 5) is 4.07. The lowest BCUT2D eigenvalue weighted by Crippen LogP contribution is -2.38. The Morgan fingerprint density at radius 3 is 2.54 bits per heavy atom. The normalized spacial score (nSPS) is 11.8. The molecule has 0 unspecified atom stereocenters. The van der Waals surface area contributed by atoms with Crippen LogP contribution in [0.25, 0.3) is 0 Å². The van der Waals surface area contributed by atoms with Gasteiger partial charge in [-0.25, -0.2) is 0 Å². The van der Waals surface area contributed by atoms with E-state index in [9.17, 15) is 13.2 Å². The van der Waals surface area contributed by atoms with Gasteiger partial charge < -0.3 is 15.2 Å². The predicted octanol–water partition coefficient (Wildman–Crippen LogP) is 3.84. The average molecular weight is 482 g/mol. The Balaban J connectivity index is 0.00000338. The van der Waals surface area contributed by atoms with Gasteiger partial charge in [0.05, 0.1) is 11.3 Å². The molecule has 1 aromatic carbocycles. The van der Waals surface area contributed by atoms with Crippen molar-refractivity contribution in [1.82, 2.24) is 15.8 Å². The number of aliphatic imine (C=N–C) groups is 1. The highest BCUT2D eigenvalue weighted by Crippen LogP contribution is 2.29. The molecule has 0 aliphatic rings. The molecule has 0 spiro atoms. The van der Waals surface area contributed by atoms with E-state index in [4.69, 9.17) is 4.52 Å². The number of hydrogen-bond donors (Lipinski definition) is 2. The van der Waals surface area contributed by atoms with E-state index in [0.29, 0.717) is 24.5 Å². The Hall–Kier alpha value is -1.78. The number of aromatic nitrogens is 1. The van der Waals surface area contributed by atoms with E-state index in [1.807, 2.05) is 13.8 Å². The van der Waals surface area contributed by atoms with Gasteiger partial charge >= 0.3 is 6.18 Å². The number of aryl methyl sites for hydroxylation is 2. The first-order valence-electron chi connectivity index (χ1n) is 7.83. The van der Waals surface area contributed by atoms with Crippen molar-refractivity contribution in [3.8, 4) is 0 Å². The number of halogens is 4. The van der Waals surface area contributed by atoms with Gasteiger partial charge in [0.1, 0.15) is 5.76 Å². The van der Waals surface area contributed by atoms with Gasteiger partial charge in [0.15, 0.2) is 5.96 Å². The van der Waals surface area contributed by atoms with Crippen LogP contribution in [0.4, 0.5) is 13.2 Å². The van der Waals surface area contributed by atoms with Gasteiger partial charge in [-0.1, -0.05) is 17.3 Å². The third-order valence-corrected chi connectivity index (χ3v) is 3.79. The van der Waals surface area contributed by atoms with Gasteiger partial charge in [-0.05, 0) is 38.0 Å². The van der Waals surface area contributed by atoms with Crippen LogP contribution >= 0.6 is 24.0 Å². The monoisotopic (exact) mass is 482 g/mol. The molecule has 9 heteroatoms. The topological polar surface area (TPSA) is 62.5 Å². The maximum absolute atomic E-state index is 12.7. The van der Waals surface area contributed by atoms with Gasteiger partial charge in [0.2, 0.25) is 0 Å². The molecule has 2 aromatic rings. The lowest BCUT2D eigenvalue weighted by Gasteiger charge is -2.13. The fraction of sp³-hybridized carbons (Fsp3) is 0.412. The van der Waals surface area contributed by atoms with Crippen LogP contribution in [0.15, 0.2) is 33.8 Å². The second-order valence-electron chi connectivity index (χ2n) is 5.60. The van der Waals surface area contributed by atoms with Crippen LogP contribution in [0.3, 0.4) is 0 Å². The van der Waals surface area contributed by atoms with Gasteiger partial charge in [-0.2, -0.15) is 13.2 Å². The first-order valence-corrected chi connectivity index (χ1v) is 7.83. The number of alkyl halides is 3. The number of guanidine groups is 1. The number of nitrogens with zero attached hydrogens (tertiary/aromatic N) is 2. The van der Waals surface area contributed by atoms with Crippen LogP contribution in [0, 0.1) is 13.8 Å². The molecule has 0 saturated carbocycles. The van der Waals surface area contributed by atoms with Crippen molar-refractivity contribution in [3.63, 3.8) is 0 Å². The molecular weight excluding hydrogens is 460 g/mol. The average Bonchev–Trinajstić information content (AvgIpc) is 2.89. The summed E-state index contributed by atoms with van der Waals surface area (Å²) in [5, 5.41) is 10.0. The number of nitrogens with one attached hydrogen (secondary N) is 2. The van der Waals surface area contributed by atoms with E-state index >= 15 is 0 Å². The number of rotatable bonds is 5. The van der Waals surface area contributed by atoms with Crippen LogP contribution in [0.2, 0.25) is 0 Å². The number of hydrogen-bond acceptors (Lipinski definition) is 3. The Bertz CT molecular complexity index is 724. The minimum Gasteiger partial charge on any atom is -0.361 e. The summed E-state index contributed by atoms with van der Waals surface area (Å²) < 4.78 is 43.3. The van der Waals surface area contributed by atoms with E-state index in [0.717, 1.165) is 29.2 Å². The minimum absolute atomic E-state index is 0. The molecule has 0 atom stereocenters. The molecule has 2 rings (SSSR count). The molecule has 0 fully saturated rings. The summed E-state index contributed by atoms with van der Waals surface area (Å²) in [5.41, 5.74) is 1.77. The Labute approximate surface area is 167 Å². The van der Waals surface area contributed by atoms with Gasteiger partial charge in [0, 0.05) is 25.7 Å². The summed E-state index contributed by atoms with van der Waals surface area (Å²) in [7, 11) is 1.61. The summed E-state index contributed by atoms with van der Waals surface area (Å²) in [6.45, 7) is 4.59. The van der Waals surface area contributed by atoms with E-state index in [1.54, 1.807) is 13.1 Å². The second-order valence-corrected chi connectivity index (χ2v) is 5.60. The molecule has 144 valence electrons. The molecule has 0 radical (unpaired) electrons. The van der Waals surface area contributed by atoms with E-state index < -0.39 is 11.7 Å². The zero-order valence-corrected chi connectivity index (χ0v) is 17.1. The minimum atomic E-state index is -4.34. The SMILES string of the molecule is CN=C(NCCc1c(C)noc1C)NCc1cccc(C(F)(F)F)c1.I. The van der Waals surface area contributed by atoms with Crippen molar-refractivity contribution in [3.05, 3.63) is 52.4 Å². The standard InChI is InChI=1S/C17H21F3N4O.HI/c1-11-15(12(2)25-24-11)7-8-22-16(21-3)23-10-13-5-4-6-14(9-13)17(18,19)20;/h4-6,9H,7-8,10H2,1-3H3,(H2,21,22,23);1H. The van der Waals surface area contributed by atoms with Gasteiger partial charge in [-0.3, -0.25) is 4.99 Å². The molecule has 5 nitrogen and oxygen atoms in total. The van der Waals surface area contributed by atoms with Crippen molar-refractivity contribution in [2.24, 2.45) is 4.99 Å². The molecule has 2 N–H and O–H groups in total. The second kappa shape index (κ2) is 9.79. The third kappa shape index (κ3) is 6.19. The molecule has 0 amide bonds. The molecule has 0 saturated heterocycles. The van der Waals surface area contributed by atoms with E-state index in [1.165, 1.54) is 6.07 Å². The lowest BCUT2D eigenvalue weighted by atomic mass is 10.1. The summed E-state index contributed by atoms with van der Waals surface area (Å²) in [6.07, 6.45) is -3.63. The molecule has 1 aromatic heterocycles. The molecule has 26 heavy (non-hydrogen) atoms. The smallest absolute Gasteiger partial charge is 0.361 e. The predicted molar refractivity (Wildman–Crippen MR) is 105 cm³/mol. The van der Waals surface area contributed by atoms with E-state index in [-0.39, 0.29) is 30.5 Å². The lowest BCUT2D eigenvalue weighted by molar-refractivity contribution is -0.137. The highest BCUT2D eigenvalue weighted by Gasteiger charge is 2.30. The van der Waals surface area contributed by atoms with Crippen molar-refractivity contribution < 1.29 is 17.7 Å². The molecule has 1 heterocycles. The molecule has 0 bridgehead atoms. The quantitative estimate of drug-likeness (QED) is 0.387. The molecular formula is C17H22F3IN4O. The van der Waals surface area contributed by atoms with Crippen molar-refractivity contribution in [2.75, 3.05) is 13.6 Å². The maximum atomic E-state index is 12.7. The summed E-state index contributed by atoms with van der Waals surface area (Å²) in [6, 6.07) is 5.22. The fourth-order valence-corrected chi connectivity index (χ4v) is 2.43. The molecule has 0 aliphatic carbocycles. The largest absolute Gasteiger partial charge is 0.416 e. The van der Waals surface area contributed by atoms with Crippen LogP contribution in [-0.2, 0) is 19.1 Å². The number of benzene rings is 1. The van der Waals surface area contributed by atoms with Crippen molar-refractivity contribution in [2.45, 2.75) is 33.0 Å². The maximum Gasteiger partial charge on any atom is 0.416 e. The molecule has 0 aliphatic heterocycles. The third-order valence-electron chi connectivity index (χ3n) is 3.79. The Morgan fingerprint density at radius 1 is 1.23 bits per heavy atom.